The van der Waals surface area contributed by atoms with E-state index < -0.39 is 0 Å². The van der Waals surface area contributed by atoms with E-state index in [2.05, 4.69) is 14.9 Å². The van der Waals surface area contributed by atoms with E-state index in [-0.39, 0.29) is 6.04 Å². The van der Waals surface area contributed by atoms with Gasteiger partial charge in [0.1, 0.15) is 0 Å². The van der Waals surface area contributed by atoms with Gasteiger partial charge in [-0.25, -0.2) is 9.97 Å². The molecule has 0 saturated carbocycles. The minimum absolute atomic E-state index is 0.271. The lowest BCUT2D eigenvalue weighted by Crippen LogP contribution is -2.43. The lowest BCUT2D eigenvalue weighted by atomic mass is 10.1. The number of rotatable bonds is 1. The van der Waals surface area contributed by atoms with Gasteiger partial charge in [-0.2, -0.15) is 0 Å². The largest absolute Gasteiger partial charge is 0.339 e. The number of aromatic nitrogens is 2. The van der Waals surface area contributed by atoms with Crippen molar-refractivity contribution in [2.75, 3.05) is 18.0 Å². The van der Waals surface area contributed by atoms with Crippen molar-refractivity contribution in [3.63, 3.8) is 0 Å². The highest BCUT2D eigenvalue weighted by Crippen LogP contribution is 2.14. The number of hydrogen-bond donors (Lipinski definition) is 1. The maximum Gasteiger partial charge on any atom is 0.225 e. The van der Waals surface area contributed by atoms with Crippen LogP contribution in [0.25, 0.3) is 0 Å². The van der Waals surface area contributed by atoms with Gasteiger partial charge >= 0.3 is 0 Å². The van der Waals surface area contributed by atoms with Gasteiger partial charge in [-0.15, -0.1) is 0 Å². The zero-order valence-electron chi connectivity index (χ0n) is 8.48. The quantitative estimate of drug-likeness (QED) is 0.712. The fraction of sp³-hybridized carbons (Fsp3) is 0.600. The van der Waals surface area contributed by atoms with Crippen LogP contribution in [0.2, 0.25) is 0 Å². The molecule has 2 rings (SSSR count). The Kier molecular flexibility index (Phi) is 2.63. The van der Waals surface area contributed by atoms with Crippen molar-refractivity contribution >= 4 is 5.95 Å². The van der Waals surface area contributed by atoms with Gasteiger partial charge in [0.2, 0.25) is 5.95 Å². The number of aryl methyl sites for hydroxylation is 1. The molecule has 1 aromatic heterocycles. The maximum absolute atomic E-state index is 5.90. The van der Waals surface area contributed by atoms with E-state index in [9.17, 15) is 0 Å². The summed E-state index contributed by atoms with van der Waals surface area (Å²) in [6, 6.07) is 2.18. The zero-order chi connectivity index (χ0) is 9.97. The molecule has 14 heavy (non-hydrogen) atoms. The van der Waals surface area contributed by atoms with Gasteiger partial charge in [0.05, 0.1) is 0 Å². The van der Waals surface area contributed by atoms with Crippen LogP contribution in [-0.4, -0.2) is 29.1 Å². The summed E-state index contributed by atoms with van der Waals surface area (Å²) in [7, 11) is 0. The van der Waals surface area contributed by atoms with Crippen LogP contribution in [0, 0.1) is 6.92 Å². The molecule has 0 bridgehead atoms. The summed E-state index contributed by atoms with van der Waals surface area (Å²) in [5, 5.41) is 0. The highest BCUT2D eigenvalue weighted by molar-refractivity contribution is 5.31. The van der Waals surface area contributed by atoms with Gasteiger partial charge in [-0.3, -0.25) is 0 Å². The SMILES string of the molecule is Cc1ccnc(N2CCC[C@@H](N)C2)n1. The van der Waals surface area contributed by atoms with Crippen LogP contribution in [0.1, 0.15) is 18.5 Å². The van der Waals surface area contributed by atoms with Crippen molar-refractivity contribution in [2.24, 2.45) is 5.73 Å². The van der Waals surface area contributed by atoms with Crippen LogP contribution in [0.5, 0.6) is 0 Å². The number of anilines is 1. The van der Waals surface area contributed by atoms with Crippen LogP contribution >= 0.6 is 0 Å². The molecule has 76 valence electrons. The van der Waals surface area contributed by atoms with Crippen molar-refractivity contribution in [2.45, 2.75) is 25.8 Å². The summed E-state index contributed by atoms with van der Waals surface area (Å²) in [6.45, 7) is 3.88. The van der Waals surface area contributed by atoms with Crippen molar-refractivity contribution in [1.29, 1.82) is 0 Å². The summed E-state index contributed by atoms with van der Waals surface area (Å²) in [5.41, 5.74) is 6.91. The molecule has 0 radical (unpaired) electrons. The number of piperidine rings is 1. The first-order valence-electron chi connectivity index (χ1n) is 5.06. The Labute approximate surface area is 84.2 Å². The molecule has 1 atom stereocenters. The molecule has 2 N–H and O–H groups in total. The summed E-state index contributed by atoms with van der Waals surface area (Å²) in [6.07, 6.45) is 4.05. The van der Waals surface area contributed by atoms with Gasteiger partial charge in [0.15, 0.2) is 0 Å². The third kappa shape index (κ3) is 2.01. The van der Waals surface area contributed by atoms with Crippen molar-refractivity contribution in [3.05, 3.63) is 18.0 Å². The van der Waals surface area contributed by atoms with E-state index in [4.69, 9.17) is 5.73 Å². The second kappa shape index (κ2) is 3.92. The molecule has 1 aliphatic rings. The summed E-state index contributed by atoms with van der Waals surface area (Å²) in [5.74, 6) is 0.820. The fourth-order valence-electron chi connectivity index (χ4n) is 1.78. The number of hydrogen-bond acceptors (Lipinski definition) is 4. The molecule has 0 unspecified atom stereocenters. The second-order valence-electron chi connectivity index (χ2n) is 3.85. The third-order valence-electron chi connectivity index (χ3n) is 2.52. The normalized spacial score (nSPS) is 22.4. The third-order valence-corrected chi connectivity index (χ3v) is 2.52. The standard InChI is InChI=1S/C10H16N4/c1-8-4-5-12-10(13-8)14-6-2-3-9(11)7-14/h4-5,9H,2-3,6-7,11H2,1H3/t9-/m1/s1. The van der Waals surface area contributed by atoms with E-state index in [0.717, 1.165) is 37.6 Å². The molecule has 0 aromatic carbocycles. The lowest BCUT2D eigenvalue weighted by molar-refractivity contribution is 0.499. The van der Waals surface area contributed by atoms with Crippen LogP contribution in [0.4, 0.5) is 5.95 Å². The highest BCUT2D eigenvalue weighted by Gasteiger charge is 2.18. The predicted octanol–water partition coefficient (Wildman–Crippen LogP) is 0.713. The molecule has 4 heteroatoms. The molecular weight excluding hydrogens is 176 g/mol. The van der Waals surface area contributed by atoms with E-state index in [0.29, 0.717) is 0 Å². The summed E-state index contributed by atoms with van der Waals surface area (Å²) >= 11 is 0. The van der Waals surface area contributed by atoms with Gasteiger partial charge in [-0.05, 0) is 25.8 Å². The van der Waals surface area contributed by atoms with Gasteiger partial charge < -0.3 is 10.6 Å². The average Bonchev–Trinajstić information content (AvgIpc) is 2.18. The Morgan fingerprint density at radius 1 is 1.57 bits per heavy atom. The van der Waals surface area contributed by atoms with E-state index in [1.54, 1.807) is 6.20 Å². The topological polar surface area (TPSA) is 55.0 Å². The minimum atomic E-state index is 0.271. The second-order valence-corrected chi connectivity index (χ2v) is 3.85. The van der Waals surface area contributed by atoms with Gasteiger partial charge in [0.25, 0.3) is 0 Å². The van der Waals surface area contributed by atoms with Crippen LogP contribution in [0.3, 0.4) is 0 Å². The first-order chi connectivity index (χ1) is 6.75. The van der Waals surface area contributed by atoms with E-state index >= 15 is 0 Å². The lowest BCUT2D eigenvalue weighted by Gasteiger charge is -2.30. The average molecular weight is 192 g/mol. The van der Waals surface area contributed by atoms with Crippen LogP contribution < -0.4 is 10.6 Å². The van der Waals surface area contributed by atoms with Crippen LogP contribution in [-0.2, 0) is 0 Å². The summed E-state index contributed by atoms with van der Waals surface area (Å²) in [4.78, 5) is 10.8. The van der Waals surface area contributed by atoms with Gasteiger partial charge in [-0.1, -0.05) is 0 Å². The van der Waals surface area contributed by atoms with Crippen molar-refractivity contribution in [3.8, 4) is 0 Å². The molecule has 1 saturated heterocycles. The monoisotopic (exact) mass is 192 g/mol. The smallest absolute Gasteiger partial charge is 0.225 e. The summed E-state index contributed by atoms with van der Waals surface area (Å²) < 4.78 is 0. The Balaban J connectivity index is 2.14. The van der Waals surface area contributed by atoms with Gasteiger partial charge in [0, 0.05) is 31.0 Å². The predicted molar refractivity (Wildman–Crippen MR) is 56.2 cm³/mol. The Morgan fingerprint density at radius 2 is 2.43 bits per heavy atom. The molecule has 0 spiro atoms. The molecule has 1 aromatic rings. The molecule has 2 heterocycles. The first-order valence-corrected chi connectivity index (χ1v) is 5.06. The highest BCUT2D eigenvalue weighted by atomic mass is 15.3. The molecule has 1 aliphatic heterocycles. The Bertz CT molecular complexity index is 313. The molecule has 0 amide bonds. The molecule has 1 fully saturated rings. The van der Waals surface area contributed by atoms with Crippen molar-refractivity contribution in [1.82, 2.24) is 9.97 Å². The molecule has 4 nitrogen and oxygen atoms in total. The Hall–Kier alpha value is -1.16. The van der Waals surface area contributed by atoms with E-state index in [1.807, 2.05) is 13.0 Å². The van der Waals surface area contributed by atoms with Crippen molar-refractivity contribution < 1.29 is 0 Å². The number of nitrogens with two attached hydrogens (primary N) is 1. The zero-order valence-corrected chi connectivity index (χ0v) is 8.48. The minimum Gasteiger partial charge on any atom is -0.339 e. The Morgan fingerprint density at radius 3 is 3.14 bits per heavy atom. The first kappa shape index (κ1) is 9.40. The number of nitrogens with zero attached hydrogens (tertiary/aromatic N) is 3. The maximum atomic E-state index is 5.90. The molecule has 0 aliphatic carbocycles. The molecular formula is C10H16N4. The van der Waals surface area contributed by atoms with Crippen LogP contribution in [0.15, 0.2) is 12.3 Å². The fourth-order valence-corrected chi connectivity index (χ4v) is 1.78. The van der Waals surface area contributed by atoms with E-state index in [1.165, 1.54) is 0 Å².